The molecule has 1 N–H and O–H groups in total. The lowest BCUT2D eigenvalue weighted by Crippen LogP contribution is -2.45. The first-order chi connectivity index (χ1) is 15.4. The van der Waals surface area contributed by atoms with Gasteiger partial charge in [-0.05, 0) is 65.5 Å². The minimum absolute atomic E-state index is 0.553. The monoisotopic (exact) mass is 411 g/mol. The van der Waals surface area contributed by atoms with Gasteiger partial charge in [-0.1, -0.05) is 86.0 Å². The number of hydrogen-bond donors (Lipinski definition) is 1. The molecule has 0 aliphatic heterocycles. The molecule has 3 atom stereocenters. The van der Waals surface area contributed by atoms with Crippen molar-refractivity contribution in [1.82, 2.24) is 5.32 Å². The first-order valence-electron chi connectivity index (χ1n) is 11.9. The van der Waals surface area contributed by atoms with Gasteiger partial charge < -0.3 is 10.1 Å². The van der Waals surface area contributed by atoms with Crippen LogP contribution in [0.15, 0.2) is 78.9 Å². The molecule has 1 fully saturated rings. The van der Waals surface area contributed by atoms with Crippen molar-refractivity contribution in [1.29, 1.82) is 0 Å². The lowest BCUT2D eigenvalue weighted by atomic mass is 9.68. The van der Waals surface area contributed by atoms with E-state index in [1.54, 1.807) is 5.56 Å². The minimum atomic E-state index is 0.553. The van der Waals surface area contributed by atoms with Gasteiger partial charge in [-0.3, -0.25) is 0 Å². The van der Waals surface area contributed by atoms with Crippen molar-refractivity contribution in [3.05, 3.63) is 101 Å². The standard InChI is InChI=1S/C29H33NO/c1-4-10-22(11-5-1)20-30-29-25-14-8-3-9-15-27(29)28-19-26(17-16-24(28)18-25)31-21-23-12-6-2-7-13-23/h1-2,4-7,10-13,16-17,19,25,27,29-30H,3,8-9,14-15,18,20-21H2/t25-,27+,29-/m0/s1. The maximum Gasteiger partial charge on any atom is 0.120 e. The Morgan fingerprint density at radius 1 is 0.774 bits per heavy atom. The lowest BCUT2D eigenvalue weighted by Gasteiger charge is -2.42. The summed E-state index contributed by atoms with van der Waals surface area (Å²) in [6.07, 6.45) is 7.88. The fraction of sp³-hybridized carbons (Fsp3) is 0.379. The first kappa shape index (κ1) is 20.3. The van der Waals surface area contributed by atoms with Crippen molar-refractivity contribution < 1.29 is 4.74 Å². The topological polar surface area (TPSA) is 21.3 Å². The van der Waals surface area contributed by atoms with Gasteiger partial charge in [0.2, 0.25) is 0 Å². The zero-order valence-electron chi connectivity index (χ0n) is 18.3. The van der Waals surface area contributed by atoms with Crippen LogP contribution in [-0.4, -0.2) is 6.04 Å². The zero-order valence-corrected chi connectivity index (χ0v) is 18.3. The van der Waals surface area contributed by atoms with Crippen LogP contribution in [0, 0.1) is 5.92 Å². The van der Waals surface area contributed by atoms with E-state index >= 15 is 0 Å². The highest BCUT2D eigenvalue weighted by Crippen LogP contribution is 2.43. The van der Waals surface area contributed by atoms with Crippen LogP contribution in [0.1, 0.15) is 60.3 Å². The fourth-order valence-corrected chi connectivity index (χ4v) is 5.57. The highest BCUT2D eigenvalue weighted by atomic mass is 16.5. The molecule has 0 saturated heterocycles. The van der Waals surface area contributed by atoms with E-state index in [1.807, 2.05) is 0 Å². The summed E-state index contributed by atoms with van der Waals surface area (Å²) >= 11 is 0. The Morgan fingerprint density at radius 3 is 2.32 bits per heavy atom. The summed E-state index contributed by atoms with van der Waals surface area (Å²) in [6, 6.07) is 28.7. The van der Waals surface area contributed by atoms with Crippen molar-refractivity contribution in [2.75, 3.05) is 0 Å². The summed E-state index contributed by atoms with van der Waals surface area (Å²) in [4.78, 5) is 0. The molecule has 0 spiro atoms. The number of rotatable bonds is 6. The molecule has 2 aliphatic rings. The quantitative estimate of drug-likeness (QED) is 0.491. The van der Waals surface area contributed by atoms with Gasteiger partial charge in [0.25, 0.3) is 0 Å². The molecule has 0 amide bonds. The van der Waals surface area contributed by atoms with Crippen molar-refractivity contribution in [2.24, 2.45) is 5.92 Å². The maximum atomic E-state index is 6.20. The number of benzene rings is 3. The lowest BCUT2D eigenvalue weighted by molar-refractivity contribution is 0.233. The van der Waals surface area contributed by atoms with Gasteiger partial charge in [0, 0.05) is 12.6 Å². The second kappa shape index (κ2) is 9.70. The van der Waals surface area contributed by atoms with Gasteiger partial charge >= 0.3 is 0 Å². The maximum absolute atomic E-state index is 6.20. The molecule has 5 rings (SSSR count). The highest BCUT2D eigenvalue weighted by Gasteiger charge is 2.37. The van der Waals surface area contributed by atoms with Gasteiger partial charge in [-0.2, -0.15) is 0 Å². The third-order valence-corrected chi connectivity index (χ3v) is 7.16. The van der Waals surface area contributed by atoms with Crippen LogP contribution in [0.4, 0.5) is 0 Å². The third-order valence-electron chi connectivity index (χ3n) is 7.16. The van der Waals surface area contributed by atoms with Crippen LogP contribution in [0.3, 0.4) is 0 Å². The van der Waals surface area contributed by atoms with Gasteiger partial charge in [0.15, 0.2) is 0 Å². The Morgan fingerprint density at radius 2 is 1.52 bits per heavy atom. The number of fused-ring (bicyclic) bond motifs is 4. The van der Waals surface area contributed by atoms with E-state index < -0.39 is 0 Å². The van der Waals surface area contributed by atoms with Crippen molar-refractivity contribution >= 4 is 0 Å². The molecule has 2 bridgehead atoms. The van der Waals surface area contributed by atoms with E-state index in [0.717, 1.165) is 18.2 Å². The van der Waals surface area contributed by atoms with E-state index in [2.05, 4.69) is 84.2 Å². The summed E-state index contributed by atoms with van der Waals surface area (Å²) in [6.45, 7) is 1.58. The van der Waals surface area contributed by atoms with Crippen LogP contribution in [-0.2, 0) is 19.6 Å². The van der Waals surface area contributed by atoms with Gasteiger partial charge in [0.05, 0.1) is 0 Å². The first-order valence-corrected chi connectivity index (χ1v) is 11.9. The van der Waals surface area contributed by atoms with E-state index in [9.17, 15) is 0 Å². The summed E-state index contributed by atoms with van der Waals surface area (Å²) in [5.41, 5.74) is 5.66. The van der Waals surface area contributed by atoms with Crippen molar-refractivity contribution in [3.63, 3.8) is 0 Å². The molecule has 0 unspecified atom stereocenters. The second-order valence-corrected chi connectivity index (χ2v) is 9.24. The van der Waals surface area contributed by atoms with Crippen LogP contribution in [0.25, 0.3) is 0 Å². The summed E-state index contributed by atoms with van der Waals surface area (Å²) < 4.78 is 6.20. The summed E-state index contributed by atoms with van der Waals surface area (Å²) in [5.74, 6) is 2.32. The largest absolute Gasteiger partial charge is 0.489 e. The molecule has 160 valence electrons. The number of hydrogen-bond acceptors (Lipinski definition) is 2. The molecule has 0 aromatic heterocycles. The van der Waals surface area contributed by atoms with E-state index in [0.29, 0.717) is 18.6 Å². The molecular weight excluding hydrogens is 378 g/mol. The van der Waals surface area contributed by atoms with Crippen LogP contribution < -0.4 is 10.1 Å². The Bertz CT molecular complexity index is 969. The molecule has 31 heavy (non-hydrogen) atoms. The number of ether oxygens (including phenoxy) is 1. The summed E-state index contributed by atoms with van der Waals surface area (Å²) in [5, 5.41) is 3.99. The van der Waals surface area contributed by atoms with Crippen molar-refractivity contribution in [3.8, 4) is 5.75 Å². The fourth-order valence-electron chi connectivity index (χ4n) is 5.57. The smallest absolute Gasteiger partial charge is 0.120 e. The third kappa shape index (κ3) is 4.85. The normalized spacial score (nSPS) is 22.8. The Kier molecular flexibility index (Phi) is 6.36. The SMILES string of the molecule is c1ccc(CN[C@H]2[C@H]3CCCCC[C@@H]2c2cc(OCc4ccccc4)ccc2C3)cc1. The predicted octanol–water partition coefficient (Wildman–Crippen LogP) is 6.64. The molecular formula is C29H33NO. The molecule has 0 heterocycles. The van der Waals surface area contributed by atoms with Crippen LogP contribution >= 0.6 is 0 Å². The van der Waals surface area contributed by atoms with E-state index in [1.165, 1.54) is 55.2 Å². The average molecular weight is 412 g/mol. The Hall–Kier alpha value is -2.58. The van der Waals surface area contributed by atoms with E-state index in [4.69, 9.17) is 4.74 Å². The zero-order chi connectivity index (χ0) is 20.9. The van der Waals surface area contributed by atoms with Crippen molar-refractivity contribution in [2.45, 2.75) is 63.6 Å². The molecule has 3 aromatic carbocycles. The average Bonchev–Trinajstić information content (AvgIpc) is 2.82. The Balaban J connectivity index is 1.37. The highest BCUT2D eigenvalue weighted by molar-refractivity contribution is 5.41. The summed E-state index contributed by atoms with van der Waals surface area (Å²) in [7, 11) is 0. The van der Waals surface area contributed by atoms with Gasteiger partial charge in [-0.25, -0.2) is 0 Å². The van der Waals surface area contributed by atoms with E-state index in [-0.39, 0.29) is 0 Å². The van der Waals surface area contributed by atoms with Crippen LogP contribution in [0.5, 0.6) is 5.75 Å². The predicted molar refractivity (Wildman–Crippen MR) is 127 cm³/mol. The molecule has 3 aromatic rings. The molecule has 2 heteroatoms. The molecule has 2 aliphatic carbocycles. The van der Waals surface area contributed by atoms with Gasteiger partial charge in [0.1, 0.15) is 12.4 Å². The molecule has 1 saturated carbocycles. The van der Waals surface area contributed by atoms with Gasteiger partial charge in [-0.15, -0.1) is 0 Å². The van der Waals surface area contributed by atoms with Crippen LogP contribution in [0.2, 0.25) is 0 Å². The second-order valence-electron chi connectivity index (χ2n) is 9.24. The molecule has 0 radical (unpaired) electrons. The molecule has 2 nitrogen and oxygen atoms in total. The Labute approximate surface area is 186 Å². The minimum Gasteiger partial charge on any atom is -0.489 e. The number of nitrogens with one attached hydrogen (secondary N) is 1.